The molecular formula is C14H19N3. The fourth-order valence-corrected chi connectivity index (χ4v) is 1.97. The molecule has 0 aliphatic rings. The van der Waals surface area contributed by atoms with Gasteiger partial charge in [-0.25, -0.2) is 4.98 Å². The van der Waals surface area contributed by atoms with Gasteiger partial charge < -0.3 is 10.3 Å². The third kappa shape index (κ3) is 2.39. The van der Waals surface area contributed by atoms with Crippen LogP contribution in [0, 0.1) is 0 Å². The Labute approximate surface area is 102 Å². The highest BCUT2D eigenvalue weighted by molar-refractivity contribution is 5.57. The quantitative estimate of drug-likeness (QED) is 0.876. The van der Waals surface area contributed by atoms with E-state index in [-0.39, 0.29) is 6.04 Å². The van der Waals surface area contributed by atoms with Crippen LogP contribution in [-0.4, -0.2) is 9.55 Å². The lowest BCUT2D eigenvalue weighted by Crippen LogP contribution is -2.08. The molecule has 0 fully saturated rings. The maximum Gasteiger partial charge on any atom is 0.139 e. The normalized spacial score (nSPS) is 12.6. The van der Waals surface area contributed by atoms with Crippen LogP contribution >= 0.6 is 0 Å². The number of rotatable bonds is 4. The maximum absolute atomic E-state index is 6.06. The van der Waals surface area contributed by atoms with Gasteiger partial charge in [0.1, 0.15) is 5.82 Å². The minimum atomic E-state index is 0.111. The topological polar surface area (TPSA) is 43.8 Å². The van der Waals surface area contributed by atoms with E-state index in [1.165, 1.54) is 5.56 Å². The molecule has 17 heavy (non-hydrogen) atoms. The highest BCUT2D eigenvalue weighted by Crippen LogP contribution is 2.22. The zero-order valence-electron chi connectivity index (χ0n) is 10.4. The van der Waals surface area contributed by atoms with E-state index in [1.54, 1.807) is 0 Å². The molecule has 0 saturated carbocycles. The molecule has 1 unspecified atom stereocenters. The van der Waals surface area contributed by atoms with Gasteiger partial charge in [-0.15, -0.1) is 0 Å². The second kappa shape index (κ2) is 5.15. The Bertz CT molecular complexity index is 488. The molecule has 90 valence electrons. The molecule has 1 aromatic heterocycles. The minimum absolute atomic E-state index is 0.111. The lowest BCUT2D eigenvalue weighted by atomic mass is 10.0. The van der Waals surface area contributed by atoms with Gasteiger partial charge in [0.2, 0.25) is 0 Å². The molecule has 0 saturated heterocycles. The molecule has 0 amide bonds. The summed E-state index contributed by atoms with van der Waals surface area (Å²) in [5, 5.41) is 0. The lowest BCUT2D eigenvalue weighted by Gasteiger charge is -2.11. The summed E-state index contributed by atoms with van der Waals surface area (Å²) in [6.07, 6.45) is 4.79. The van der Waals surface area contributed by atoms with E-state index in [1.807, 2.05) is 12.4 Å². The van der Waals surface area contributed by atoms with Gasteiger partial charge in [-0.3, -0.25) is 0 Å². The Hall–Kier alpha value is -1.61. The number of aromatic nitrogens is 2. The highest BCUT2D eigenvalue weighted by Gasteiger charge is 2.08. The average molecular weight is 229 g/mol. The molecule has 0 spiro atoms. The number of nitrogens with zero attached hydrogens (tertiary/aromatic N) is 2. The first-order chi connectivity index (χ1) is 8.26. The van der Waals surface area contributed by atoms with E-state index in [0.717, 1.165) is 24.4 Å². The summed E-state index contributed by atoms with van der Waals surface area (Å²) >= 11 is 0. The monoisotopic (exact) mass is 229 g/mol. The molecule has 1 aromatic carbocycles. The molecule has 0 aliphatic heterocycles. The number of hydrogen-bond donors (Lipinski definition) is 1. The summed E-state index contributed by atoms with van der Waals surface area (Å²) in [5.74, 6) is 1.01. The molecule has 2 N–H and O–H groups in total. The second-order valence-corrected chi connectivity index (χ2v) is 4.18. The van der Waals surface area contributed by atoms with Crippen molar-refractivity contribution in [2.75, 3.05) is 0 Å². The summed E-state index contributed by atoms with van der Waals surface area (Å²) in [6.45, 7) is 5.15. The van der Waals surface area contributed by atoms with Gasteiger partial charge >= 0.3 is 0 Å². The molecule has 2 aromatic rings. The summed E-state index contributed by atoms with van der Waals surface area (Å²) in [4.78, 5) is 4.41. The van der Waals surface area contributed by atoms with Crippen molar-refractivity contribution in [3.8, 4) is 11.4 Å². The molecular weight excluding hydrogens is 210 g/mol. The Morgan fingerprint density at radius 1 is 1.35 bits per heavy atom. The van der Waals surface area contributed by atoms with E-state index in [0.29, 0.717) is 0 Å². The number of benzene rings is 1. The van der Waals surface area contributed by atoms with Crippen molar-refractivity contribution in [3.63, 3.8) is 0 Å². The Kier molecular flexibility index (Phi) is 3.59. The SMILES string of the molecule is CCC(N)c1cccc(-c2nccn2CC)c1. The van der Waals surface area contributed by atoms with Gasteiger partial charge in [-0.2, -0.15) is 0 Å². The second-order valence-electron chi connectivity index (χ2n) is 4.18. The van der Waals surface area contributed by atoms with Crippen LogP contribution in [0.3, 0.4) is 0 Å². The summed E-state index contributed by atoms with van der Waals surface area (Å²) in [6, 6.07) is 8.47. The van der Waals surface area contributed by atoms with Gasteiger partial charge in [0, 0.05) is 30.5 Å². The van der Waals surface area contributed by atoms with Crippen molar-refractivity contribution in [2.45, 2.75) is 32.9 Å². The molecule has 0 aliphatic carbocycles. The van der Waals surface area contributed by atoms with Gasteiger partial charge in [-0.1, -0.05) is 25.1 Å². The summed E-state index contributed by atoms with van der Waals surface area (Å²) < 4.78 is 2.14. The number of hydrogen-bond acceptors (Lipinski definition) is 2. The maximum atomic E-state index is 6.06. The van der Waals surface area contributed by atoms with Gasteiger partial charge in [-0.05, 0) is 25.0 Å². The van der Waals surface area contributed by atoms with Crippen molar-refractivity contribution >= 4 is 0 Å². The van der Waals surface area contributed by atoms with E-state index in [9.17, 15) is 0 Å². The van der Waals surface area contributed by atoms with Crippen molar-refractivity contribution in [3.05, 3.63) is 42.2 Å². The lowest BCUT2D eigenvalue weighted by molar-refractivity contribution is 0.698. The Morgan fingerprint density at radius 2 is 2.18 bits per heavy atom. The minimum Gasteiger partial charge on any atom is -0.331 e. The summed E-state index contributed by atoms with van der Waals surface area (Å²) in [7, 11) is 0. The van der Waals surface area contributed by atoms with E-state index >= 15 is 0 Å². The van der Waals surface area contributed by atoms with Crippen LogP contribution in [0.2, 0.25) is 0 Å². The zero-order chi connectivity index (χ0) is 12.3. The van der Waals surface area contributed by atoms with E-state index in [2.05, 4.69) is 47.7 Å². The third-order valence-corrected chi connectivity index (χ3v) is 3.07. The van der Waals surface area contributed by atoms with Crippen molar-refractivity contribution < 1.29 is 0 Å². The first-order valence-corrected chi connectivity index (χ1v) is 6.13. The smallest absolute Gasteiger partial charge is 0.139 e. The Morgan fingerprint density at radius 3 is 2.88 bits per heavy atom. The molecule has 0 bridgehead atoms. The van der Waals surface area contributed by atoms with Crippen molar-refractivity contribution in [1.82, 2.24) is 9.55 Å². The molecule has 2 rings (SSSR count). The van der Waals surface area contributed by atoms with Crippen LogP contribution < -0.4 is 5.73 Å². The first-order valence-electron chi connectivity index (χ1n) is 6.13. The van der Waals surface area contributed by atoms with Crippen molar-refractivity contribution in [2.24, 2.45) is 5.73 Å². The Balaban J connectivity index is 2.39. The molecule has 0 radical (unpaired) electrons. The van der Waals surface area contributed by atoms with Crippen LogP contribution in [0.25, 0.3) is 11.4 Å². The third-order valence-electron chi connectivity index (χ3n) is 3.07. The highest BCUT2D eigenvalue weighted by atomic mass is 15.1. The first kappa shape index (κ1) is 11.9. The number of aryl methyl sites for hydroxylation is 1. The fraction of sp³-hybridized carbons (Fsp3) is 0.357. The van der Waals surface area contributed by atoms with E-state index < -0.39 is 0 Å². The van der Waals surface area contributed by atoms with Crippen LogP contribution in [0.4, 0.5) is 0 Å². The molecule has 1 heterocycles. The molecule has 3 heteroatoms. The van der Waals surface area contributed by atoms with Crippen LogP contribution in [0.1, 0.15) is 31.9 Å². The number of nitrogens with two attached hydrogens (primary N) is 1. The van der Waals surface area contributed by atoms with Gasteiger partial charge in [0.05, 0.1) is 0 Å². The zero-order valence-corrected chi connectivity index (χ0v) is 10.4. The number of imidazole rings is 1. The van der Waals surface area contributed by atoms with Gasteiger partial charge in [0.25, 0.3) is 0 Å². The molecule has 3 nitrogen and oxygen atoms in total. The fourth-order valence-electron chi connectivity index (χ4n) is 1.97. The molecule has 1 atom stereocenters. The van der Waals surface area contributed by atoms with E-state index in [4.69, 9.17) is 5.73 Å². The predicted octanol–water partition coefficient (Wildman–Crippen LogP) is 2.98. The van der Waals surface area contributed by atoms with Crippen LogP contribution in [0.15, 0.2) is 36.7 Å². The largest absolute Gasteiger partial charge is 0.331 e. The summed E-state index contributed by atoms with van der Waals surface area (Å²) in [5.41, 5.74) is 8.37. The van der Waals surface area contributed by atoms with Crippen LogP contribution in [0.5, 0.6) is 0 Å². The predicted molar refractivity (Wildman–Crippen MR) is 70.6 cm³/mol. The standard InChI is InChI=1S/C14H19N3/c1-3-13(15)11-6-5-7-12(10-11)14-16-8-9-17(14)4-2/h5-10,13H,3-4,15H2,1-2H3. The van der Waals surface area contributed by atoms with Crippen LogP contribution in [-0.2, 0) is 6.54 Å². The van der Waals surface area contributed by atoms with Crippen molar-refractivity contribution in [1.29, 1.82) is 0 Å². The van der Waals surface area contributed by atoms with Gasteiger partial charge in [0.15, 0.2) is 0 Å². The average Bonchev–Trinajstić information content (AvgIpc) is 2.86.